The van der Waals surface area contributed by atoms with Gasteiger partial charge in [-0.2, -0.15) is 23.3 Å². The van der Waals surface area contributed by atoms with Crippen LogP contribution in [0.1, 0.15) is 78.2 Å². The van der Waals surface area contributed by atoms with Crippen molar-refractivity contribution in [3.63, 3.8) is 0 Å². The van der Waals surface area contributed by atoms with Gasteiger partial charge in [0.05, 0.1) is 24.6 Å². The van der Waals surface area contributed by atoms with E-state index in [9.17, 15) is 40.3 Å². The lowest BCUT2D eigenvalue weighted by Crippen LogP contribution is -2.38. The molecule has 5 heterocycles. The van der Waals surface area contributed by atoms with E-state index in [0.717, 1.165) is 15.0 Å². The number of hydrogen-bond acceptors (Lipinski definition) is 10. The summed E-state index contributed by atoms with van der Waals surface area (Å²) in [4.78, 5) is 31.7. The van der Waals surface area contributed by atoms with Gasteiger partial charge in [0.2, 0.25) is 23.9 Å². The maximum Gasteiger partial charge on any atom is 0.408 e. The number of carbonyl (C=O) groups excluding carboxylic acids is 2. The summed E-state index contributed by atoms with van der Waals surface area (Å²) < 4.78 is 98.3. The number of nitrogens with one attached hydrogen (secondary N) is 2. The SMILES string of the molecule is CPC.Cc1ncon1.FC1(F)CCCCC1.O=C(NCc1cn2ncc(C[C@H]3CC(C(F)(F)F)NC3=O)cc2n1)c1nonc1C(F)F. The van der Waals surface area contributed by atoms with Crippen LogP contribution in [-0.2, 0) is 17.8 Å². The molecule has 2 aliphatic rings. The molecule has 4 aromatic rings. The molecule has 0 aromatic carbocycles. The van der Waals surface area contributed by atoms with E-state index < -0.39 is 53.7 Å². The Kier molecular flexibility index (Phi) is 14.4. The predicted octanol–water partition coefficient (Wildman–Crippen LogP) is 5.48. The van der Waals surface area contributed by atoms with E-state index >= 15 is 0 Å². The third kappa shape index (κ3) is 12.3. The quantitative estimate of drug-likeness (QED) is 0.192. The number of carbonyl (C=O) groups is 2. The highest BCUT2D eigenvalue weighted by Gasteiger charge is 2.47. The highest BCUT2D eigenvalue weighted by Crippen LogP contribution is 2.33. The number of aromatic nitrogens is 7. The van der Waals surface area contributed by atoms with E-state index in [0.29, 0.717) is 35.6 Å². The fourth-order valence-electron chi connectivity index (χ4n) is 4.62. The van der Waals surface area contributed by atoms with Crippen molar-refractivity contribution in [1.82, 2.24) is 45.7 Å². The monoisotopic (exact) mass is 725 g/mol. The van der Waals surface area contributed by atoms with Crippen molar-refractivity contribution >= 4 is 26.0 Å². The molecule has 0 radical (unpaired) electrons. The van der Waals surface area contributed by atoms with Gasteiger partial charge in [0.15, 0.2) is 17.2 Å². The van der Waals surface area contributed by atoms with Crippen LogP contribution < -0.4 is 10.6 Å². The Morgan fingerprint density at radius 2 is 1.86 bits per heavy atom. The van der Waals surface area contributed by atoms with E-state index in [2.05, 4.69) is 58.3 Å². The molecule has 49 heavy (non-hydrogen) atoms. The number of halogens is 7. The molecule has 0 bridgehead atoms. The van der Waals surface area contributed by atoms with Crippen LogP contribution in [0, 0.1) is 12.8 Å². The minimum absolute atomic E-state index is 0.0520. The number of amides is 2. The lowest BCUT2D eigenvalue weighted by molar-refractivity contribution is -0.154. The molecule has 6 rings (SSSR count). The molecule has 21 heteroatoms. The molecule has 2 N–H and O–H groups in total. The highest BCUT2D eigenvalue weighted by atomic mass is 31.1. The van der Waals surface area contributed by atoms with Crippen molar-refractivity contribution in [1.29, 1.82) is 0 Å². The first-order valence-corrected chi connectivity index (χ1v) is 16.9. The summed E-state index contributed by atoms with van der Waals surface area (Å²) in [6, 6.07) is -0.313. The second kappa shape index (κ2) is 18.0. The first kappa shape index (κ1) is 39.2. The minimum atomic E-state index is -4.51. The second-order valence-electron chi connectivity index (χ2n) is 11.0. The maximum atomic E-state index is 12.8. The molecule has 1 unspecified atom stereocenters. The predicted molar refractivity (Wildman–Crippen MR) is 160 cm³/mol. The van der Waals surface area contributed by atoms with E-state index in [1.165, 1.54) is 23.3 Å². The fourth-order valence-corrected chi connectivity index (χ4v) is 4.62. The van der Waals surface area contributed by atoms with Crippen LogP contribution in [0.4, 0.5) is 30.7 Å². The molecule has 2 fully saturated rings. The average molecular weight is 726 g/mol. The zero-order chi connectivity index (χ0) is 36.2. The Morgan fingerprint density at radius 3 is 2.37 bits per heavy atom. The second-order valence-corrected chi connectivity index (χ2v) is 12.0. The molecule has 1 saturated carbocycles. The van der Waals surface area contributed by atoms with Crippen molar-refractivity contribution in [2.45, 2.75) is 83.0 Å². The molecule has 1 aliphatic heterocycles. The molecule has 13 nitrogen and oxygen atoms in total. The molecule has 1 saturated heterocycles. The maximum absolute atomic E-state index is 12.8. The van der Waals surface area contributed by atoms with Gasteiger partial charge in [-0.1, -0.05) is 11.6 Å². The zero-order valence-electron chi connectivity index (χ0n) is 26.6. The average Bonchev–Trinajstić information content (AvgIpc) is 3.84. The van der Waals surface area contributed by atoms with Crippen LogP contribution in [0.25, 0.3) is 5.65 Å². The summed E-state index contributed by atoms with van der Waals surface area (Å²) >= 11 is 0. The first-order valence-electron chi connectivity index (χ1n) is 14.9. The first-order chi connectivity index (χ1) is 23.1. The van der Waals surface area contributed by atoms with Crippen molar-refractivity contribution in [3.05, 3.63) is 53.3 Å². The van der Waals surface area contributed by atoms with Crippen molar-refractivity contribution in [3.8, 4) is 0 Å². The number of nitrogens with zero attached hydrogens (tertiary/aromatic N) is 7. The lowest BCUT2D eigenvalue weighted by Gasteiger charge is -2.20. The van der Waals surface area contributed by atoms with Crippen LogP contribution in [0.5, 0.6) is 0 Å². The smallest absolute Gasteiger partial charge is 0.345 e. The van der Waals surface area contributed by atoms with E-state index in [-0.39, 0.29) is 32.2 Å². The summed E-state index contributed by atoms with van der Waals surface area (Å²) in [5.74, 6) is -4.10. The van der Waals surface area contributed by atoms with Gasteiger partial charge in [-0.05, 0) is 67.9 Å². The third-order valence-corrected chi connectivity index (χ3v) is 6.93. The molecule has 2 amide bonds. The summed E-state index contributed by atoms with van der Waals surface area (Å²) in [7, 11) is 1.08. The van der Waals surface area contributed by atoms with Gasteiger partial charge < -0.3 is 15.2 Å². The van der Waals surface area contributed by atoms with Crippen LogP contribution in [0.15, 0.2) is 34.0 Å². The Balaban J connectivity index is 0.000000311. The van der Waals surface area contributed by atoms with Crippen molar-refractivity contribution in [2.75, 3.05) is 13.3 Å². The number of fused-ring (bicyclic) bond motifs is 1. The zero-order valence-corrected chi connectivity index (χ0v) is 27.6. The van der Waals surface area contributed by atoms with Crippen LogP contribution in [0.2, 0.25) is 0 Å². The normalized spacial score (nSPS) is 18.4. The molecule has 2 atom stereocenters. The van der Waals surface area contributed by atoms with Gasteiger partial charge in [-0.3, -0.25) is 9.59 Å². The van der Waals surface area contributed by atoms with E-state index in [4.69, 9.17) is 0 Å². The number of alkyl halides is 7. The van der Waals surface area contributed by atoms with E-state index in [1.807, 2.05) is 5.32 Å². The lowest BCUT2D eigenvalue weighted by atomic mass is 9.97. The standard InChI is InChI=1S/C17H14F5N7O3.C6H10F2.C3H4N2O.C2H7P/c18-14(19)12-13(28-32-27-12)16(31)23-5-9-6-29-11(25-9)2-7(4-24-29)1-8-3-10(17(20,21)22)26-15(8)30;7-6(8)4-2-1-3-5-6;1-3-4-2-6-5-3;1-3-2/h2,4,6,8,10,14H,1,3,5H2,(H,23,31)(H,26,30);1-5H2;2H,1H3;3H,1-2H3/t8-,10?;;;/m0.../s1. The number of aryl methyl sites for hydroxylation is 1. The summed E-state index contributed by atoms with van der Waals surface area (Å²) in [5.41, 5.74) is -0.358. The van der Waals surface area contributed by atoms with Crippen LogP contribution >= 0.6 is 8.58 Å². The van der Waals surface area contributed by atoms with Gasteiger partial charge in [0.25, 0.3) is 12.3 Å². The summed E-state index contributed by atoms with van der Waals surface area (Å²) in [6.07, 6.45) is -1.02. The topological polar surface area (TPSA) is 166 Å². The molecule has 1 aliphatic carbocycles. The molecular formula is C28H35F7N9O4P. The van der Waals surface area contributed by atoms with Crippen LogP contribution in [-0.4, -0.2) is 78.3 Å². The van der Waals surface area contributed by atoms with Gasteiger partial charge in [0.1, 0.15) is 6.04 Å². The van der Waals surface area contributed by atoms with E-state index in [1.54, 1.807) is 13.0 Å². The van der Waals surface area contributed by atoms with Gasteiger partial charge in [-0.15, -0.1) is 8.58 Å². The fraction of sp³-hybridized carbons (Fsp3) is 0.571. The van der Waals surface area contributed by atoms with Gasteiger partial charge >= 0.3 is 6.18 Å². The number of hydrogen-bond donors (Lipinski definition) is 2. The largest absolute Gasteiger partial charge is 0.408 e. The third-order valence-electron chi connectivity index (χ3n) is 6.93. The number of rotatable bonds is 6. The van der Waals surface area contributed by atoms with Gasteiger partial charge in [-0.25, -0.2) is 31.7 Å². The molecule has 0 spiro atoms. The summed E-state index contributed by atoms with van der Waals surface area (Å²) in [5, 5.41) is 18.0. The van der Waals surface area contributed by atoms with Crippen molar-refractivity contribution < 1.29 is 49.5 Å². The summed E-state index contributed by atoms with van der Waals surface area (Å²) in [6.45, 7) is 5.93. The molecule has 4 aromatic heterocycles. The minimum Gasteiger partial charge on any atom is -0.345 e. The molecular weight excluding hydrogens is 690 g/mol. The number of imidazole rings is 1. The Morgan fingerprint density at radius 1 is 1.16 bits per heavy atom. The highest BCUT2D eigenvalue weighted by molar-refractivity contribution is 7.35. The van der Waals surface area contributed by atoms with Crippen LogP contribution in [0.3, 0.4) is 0 Å². The Hall–Kier alpha value is -4.22. The Bertz CT molecular complexity index is 1610. The molecule has 270 valence electrons. The van der Waals surface area contributed by atoms with Gasteiger partial charge in [0, 0.05) is 18.8 Å². The van der Waals surface area contributed by atoms with Crippen molar-refractivity contribution in [2.24, 2.45) is 5.92 Å². The Labute approximate surface area is 276 Å².